The molecule has 0 saturated carbocycles. The molecule has 6 heteroatoms. The Morgan fingerprint density at radius 2 is 2.08 bits per heavy atom. The lowest BCUT2D eigenvalue weighted by molar-refractivity contribution is -0.134. The normalized spacial score (nSPS) is 15.3. The molecule has 0 spiro atoms. The van der Waals surface area contributed by atoms with Gasteiger partial charge in [0.25, 0.3) is 0 Å². The second-order valence-corrected chi connectivity index (χ2v) is 6.10. The molecule has 134 valence electrons. The largest absolute Gasteiger partial charge is 0.491 e. The van der Waals surface area contributed by atoms with Gasteiger partial charge in [0.15, 0.2) is 11.6 Å². The van der Waals surface area contributed by atoms with Crippen molar-refractivity contribution in [2.75, 3.05) is 26.2 Å². The van der Waals surface area contributed by atoms with Crippen LogP contribution in [0.25, 0.3) is 0 Å². The Bertz CT molecular complexity index is 534. The third kappa shape index (κ3) is 5.44. The van der Waals surface area contributed by atoms with Gasteiger partial charge >= 0.3 is 0 Å². The molecule has 1 aliphatic heterocycles. The summed E-state index contributed by atoms with van der Waals surface area (Å²) in [5, 5.41) is 3.31. The van der Waals surface area contributed by atoms with Crippen molar-refractivity contribution in [2.24, 2.45) is 0 Å². The highest BCUT2D eigenvalue weighted by Crippen LogP contribution is 2.18. The van der Waals surface area contributed by atoms with E-state index in [1.165, 1.54) is 6.07 Å². The van der Waals surface area contributed by atoms with Crippen LogP contribution in [0.2, 0.25) is 0 Å². The number of hydrogen-bond acceptors (Lipinski definition) is 3. The summed E-state index contributed by atoms with van der Waals surface area (Å²) in [6.07, 6.45) is 3.81. The van der Waals surface area contributed by atoms with Crippen LogP contribution >= 0.6 is 0 Å². The third-order valence-corrected chi connectivity index (χ3v) is 4.22. The Morgan fingerprint density at radius 3 is 2.75 bits per heavy atom. The highest BCUT2D eigenvalue weighted by Gasteiger charge is 2.24. The molecule has 2 rings (SSSR count). The van der Waals surface area contributed by atoms with Gasteiger partial charge in [-0.05, 0) is 50.9 Å². The maximum absolute atomic E-state index is 13.5. The molecule has 1 heterocycles. The van der Waals surface area contributed by atoms with Crippen LogP contribution < -0.4 is 10.1 Å². The van der Waals surface area contributed by atoms with Crippen molar-refractivity contribution in [3.63, 3.8) is 0 Å². The van der Waals surface area contributed by atoms with Gasteiger partial charge in [-0.15, -0.1) is 0 Å². The Morgan fingerprint density at radius 1 is 1.33 bits per heavy atom. The van der Waals surface area contributed by atoms with E-state index in [2.05, 4.69) is 12.2 Å². The average Bonchev–Trinajstić information content (AvgIpc) is 2.58. The fourth-order valence-electron chi connectivity index (χ4n) is 3.01. The van der Waals surface area contributed by atoms with Gasteiger partial charge in [0.1, 0.15) is 5.82 Å². The molecule has 0 unspecified atom stereocenters. The Kier molecular flexibility index (Phi) is 7.43. The summed E-state index contributed by atoms with van der Waals surface area (Å²) in [5.41, 5.74) is 0. The molecule has 0 atom stereocenters. The first kappa shape index (κ1) is 18.6. The quantitative estimate of drug-likeness (QED) is 0.740. The first-order valence-electron chi connectivity index (χ1n) is 8.70. The zero-order chi connectivity index (χ0) is 17.4. The molecule has 1 amide bonds. The molecule has 1 aliphatic rings. The monoisotopic (exact) mass is 340 g/mol. The first-order chi connectivity index (χ1) is 11.6. The molecule has 4 nitrogen and oxygen atoms in total. The van der Waals surface area contributed by atoms with Crippen molar-refractivity contribution in [1.82, 2.24) is 10.2 Å². The Balaban J connectivity index is 1.77. The minimum absolute atomic E-state index is 0.0209. The van der Waals surface area contributed by atoms with Crippen LogP contribution in [-0.2, 0) is 4.79 Å². The summed E-state index contributed by atoms with van der Waals surface area (Å²) in [7, 11) is 0. The number of carbonyl (C=O) groups is 1. The molecule has 1 N–H and O–H groups in total. The Labute approximate surface area is 142 Å². The minimum atomic E-state index is -0.719. The van der Waals surface area contributed by atoms with E-state index in [9.17, 15) is 13.6 Å². The van der Waals surface area contributed by atoms with Crippen molar-refractivity contribution >= 4 is 5.91 Å². The van der Waals surface area contributed by atoms with Crippen LogP contribution in [0.15, 0.2) is 18.2 Å². The number of nitrogens with zero attached hydrogens (tertiary/aromatic N) is 1. The number of halogens is 2. The van der Waals surface area contributed by atoms with Gasteiger partial charge in [-0.25, -0.2) is 8.78 Å². The number of hydrogen-bond donors (Lipinski definition) is 1. The van der Waals surface area contributed by atoms with Crippen LogP contribution in [0.4, 0.5) is 8.78 Å². The maximum Gasteiger partial charge on any atom is 0.222 e. The fraction of sp³-hybridized carbons (Fsp3) is 0.611. The molecule has 1 fully saturated rings. The van der Waals surface area contributed by atoms with Gasteiger partial charge in [-0.1, -0.05) is 6.92 Å². The number of piperidine rings is 1. The van der Waals surface area contributed by atoms with Crippen LogP contribution in [0, 0.1) is 11.6 Å². The zero-order valence-corrected chi connectivity index (χ0v) is 14.2. The predicted octanol–water partition coefficient (Wildman–Crippen LogP) is 3.11. The lowest BCUT2D eigenvalue weighted by Crippen LogP contribution is -2.46. The Hall–Kier alpha value is -1.69. The van der Waals surface area contributed by atoms with Gasteiger partial charge in [0.05, 0.1) is 6.61 Å². The van der Waals surface area contributed by atoms with Crippen molar-refractivity contribution < 1.29 is 18.3 Å². The van der Waals surface area contributed by atoms with E-state index >= 15 is 0 Å². The van der Waals surface area contributed by atoms with Crippen molar-refractivity contribution in [3.8, 4) is 5.75 Å². The summed E-state index contributed by atoms with van der Waals surface area (Å²) in [6, 6.07) is 3.53. The minimum Gasteiger partial charge on any atom is -0.491 e. The second-order valence-electron chi connectivity index (χ2n) is 6.10. The molecule has 1 aromatic carbocycles. The average molecular weight is 340 g/mol. The van der Waals surface area contributed by atoms with Gasteiger partial charge in [-0.3, -0.25) is 4.79 Å². The van der Waals surface area contributed by atoms with E-state index in [1.807, 2.05) is 4.90 Å². The smallest absolute Gasteiger partial charge is 0.222 e. The standard InChI is InChI=1S/C18H26F2N2O2/c1-2-11-22(15-7-9-21-10-8-15)18(23)4-3-12-24-17-6-5-14(19)13-16(17)20/h5-6,13,15,21H,2-4,7-12H2,1H3. The van der Waals surface area contributed by atoms with E-state index in [1.54, 1.807) is 0 Å². The first-order valence-corrected chi connectivity index (χ1v) is 8.70. The van der Waals surface area contributed by atoms with Gasteiger partial charge in [0, 0.05) is 25.1 Å². The molecule has 1 saturated heterocycles. The number of benzene rings is 1. The number of ether oxygens (including phenoxy) is 1. The molecule has 0 aliphatic carbocycles. The fourth-order valence-corrected chi connectivity index (χ4v) is 3.01. The maximum atomic E-state index is 13.5. The summed E-state index contributed by atoms with van der Waals surface area (Å²) in [5.74, 6) is -1.20. The summed E-state index contributed by atoms with van der Waals surface area (Å²) in [4.78, 5) is 14.5. The molecule has 0 radical (unpaired) electrons. The van der Waals surface area contributed by atoms with Gasteiger partial charge < -0.3 is 15.0 Å². The van der Waals surface area contributed by atoms with Crippen molar-refractivity contribution in [3.05, 3.63) is 29.8 Å². The number of carbonyl (C=O) groups excluding carboxylic acids is 1. The van der Waals surface area contributed by atoms with Crippen LogP contribution in [0.3, 0.4) is 0 Å². The highest BCUT2D eigenvalue weighted by atomic mass is 19.1. The van der Waals surface area contributed by atoms with E-state index in [0.717, 1.165) is 51.0 Å². The van der Waals surface area contributed by atoms with Gasteiger partial charge in [-0.2, -0.15) is 0 Å². The second kappa shape index (κ2) is 9.57. The summed E-state index contributed by atoms with van der Waals surface area (Å²) >= 11 is 0. The number of rotatable bonds is 8. The lowest BCUT2D eigenvalue weighted by Gasteiger charge is -2.34. The molecular formula is C18H26F2N2O2. The van der Waals surface area contributed by atoms with Crippen LogP contribution in [-0.4, -0.2) is 43.1 Å². The van der Waals surface area contributed by atoms with E-state index in [4.69, 9.17) is 4.74 Å². The summed E-state index contributed by atoms with van der Waals surface area (Å²) < 4.78 is 31.6. The van der Waals surface area contributed by atoms with Crippen molar-refractivity contribution in [1.29, 1.82) is 0 Å². The number of nitrogens with one attached hydrogen (secondary N) is 1. The topological polar surface area (TPSA) is 41.6 Å². The molecule has 24 heavy (non-hydrogen) atoms. The van der Waals surface area contributed by atoms with E-state index in [0.29, 0.717) is 18.9 Å². The third-order valence-electron chi connectivity index (χ3n) is 4.22. The number of amides is 1. The summed E-state index contributed by atoms with van der Waals surface area (Å²) in [6.45, 7) is 4.98. The SMILES string of the molecule is CCCN(C(=O)CCCOc1ccc(F)cc1F)C1CCNCC1. The van der Waals surface area contributed by atoms with Crippen LogP contribution in [0.5, 0.6) is 5.75 Å². The molecule has 1 aromatic rings. The zero-order valence-electron chi connectivity index (χ0n) is 14.2. The van der Waals surface area contributed by atoms with Gasteiger partial charge in [0.2, 0.25) is 5.91 Å². The van der Waals surface area contributed by atoms with E-state index < -0.39 is 11.6 Å². The predicted molar refractivity (Wildman–Crippen MR) is 89.0 cm³/mol. The van der Waals surface area contributed by atoms with Crippen LogP contribution in [0.1, 0.15) is 39.0 Å². The molecule has 0 aromatic heterocycles. The van der Waals surface area contributed by atoms with Crippen molar-refractivity contribution in [2.45, 2.75) is 45.1 Å². The van der Waals surface area contributed by atoms with E-state index in [-0.39, 0.29) is 18.3 Å². The molecule has 0 bridgehead atoms. The lowest BCUT2D eigenvalue weighted by atomic mass is 10.0. The highest BCUT2D eigenvalue weighted by molar-refractivity contribution is 5.76. The molecular weight excluding hydrogens is 314 g/mol.